The van der Waals surface area contributed by atoms with E-state index >= 15 is 0 Å². The quantitative estimate of drug-likeness (QED) is 0.815. The highest BCUT2D eigenvalue weighted by Crippen LogP contribution is 2.23. The lowest BCUT2D eigenvalue weighted by Crippen LogP contribution is -2.19. The Hall–Kier alpha value is -1.12. The van der Waals surface area contributed by atoms with Crippen LogP contribution in [-0.4, -0.2) is 6.04 Å². The molecule has 0 spiro atoms. The molecule has 0 bridgehead atoms. The average Bonchev–Trinajstić information content (AvgIpc) is 2.17. The van der Waals surface area contributed by atoms with Gasteiger partial charge in [0.05, 0.1) is 0 Å². The van der Waals surface area contributed by atoms with Crippen LogP contribution in [0.5, 0.6) is 0 Å². The summed E-state index contributed by atoms with van der Waals surface area (Å²) in [6.45, 7) is 7.73. The molecule has 1 aromatic rings. The molecule has 0 aliphatic heterocycles. The number of hydrogen-bond donors (Lipinski definition) is 1. The van der Waals surface area contributed by atoms with E-state index in [-0.39, 0.29) is 11.7 Å². The molecule has 1 unspecified atom stereocenters. The van der Waals surface area contributed by atoms with E-state index in [1.807, 2.05) is 6.92 Å². The van der Waals surface area contributed by atoms with Crippen LogP contribution >= 0.6 is 0 Å². The molecule has 0 saturated carbocycles. The lowest BCUT2D eigenvalue weighted by Gasteiger charge is -2.18. The fraction of sp³-hybridized carbons (Fsp3) is 0.538. The van der Waals surface area contributed by atoms with Crippen LogP contribution in [0.2, 0.25) is 0 Å². The largest absolute Gasteiger partial charge is 0.378 e. The second-order valence-corrected chi connectivity index (χ2v) is 4.73. The second-order valence-electron chi connectivity index (χ2n) is 4.73. The molecule has 1 rings (SSSR count). The Morgan fingerprint density at radius 3 is 2.38 bits per heavy atom. The Morgan fingerprint density at radius 2 is 1.81 bits per heavy atom. The third kappa shape index (κ3) is 3.19. The van der Waals surface area contributed by atoms with Gasteiger partial charge in [-0.25, -0.2) is 8.78 Å². The van der Waals surface area contributed by atoms with Crippen LogP contribution in [0.4, 0.5) is 14.5 Å². The van der Waals surface area contributed by atoms with Crippen molar-refractivity contribution in [3.63, 3.8) is 0 Å². The van der Waals surface area contributed by atoms with Gasteiger partial charge in [0.15, 0.2) is 5.82 Å². The fourth-order valence-corrected chi connectivity index (χ4v) is 1.80. The number of rotatable bonds is 4. The Labute approximate surface area is 95.9 Å². The first-order valence-electron chi connectivity index (χ1n) is 5.63. The maximum atomic E-state index is 13.7. The van der Waals surface area contributed by atoms with Crippen molar-refractivity contribution < 1.29 is 8.78 Å². The van der Waals surface area contributed by atoms with Crippen molar-refractivity contribution in [2.45, 2.75) is 40.2 Å². The lowest BCUT2D eigenvalue weighted by atomic mass is 10.0. The average molecular weight is 227 g/mol. The van der Waals surface area contributed by atoms with Crippen molar-refractivity contribution >= 4 is 5.69 Å². The monoisotopic (exact) mass is 227 g/mol. The van der Waals surface area contributed by atoms with Gasteiger partial charge in [0.1, 0.15) is 11.5 Å². The zero-order valence-electron chi connectivity index (χ0n) is 10.3. The molecular weight excluding hydrogens is 208 g/mol. The minimum absolute atomic E-state index is 0.00634. The van der Waals surface area contributed by atoms with Crippen molar-refractivity contribution in [3.05, 3.63) is 29.3 Å². The maximum absolute atomic E-state index is 13.7. The van der Waals surface area contributed by atoms with Gasteiger partial charge in [-0.2, -0.15) is 0 Å². The van der Waals surface area contributed by atoms with Crippen molar-refractivity contribution in [3.8, 4) is 0 Å². The molecule has 0 radical (unpaired) electrons. The number of nitrogens with one attached hydrogen (secondary N) is 1. The third-order valence-electron chi connectivity index (χ3n) is 2.50. The van der Waals surface area contributed by atoms with Crippen LogP contribution in [0, 0.1) is 24.5 Å². The molecule has 0 heterocycles. The first kappa shape index (κ1) is 12.9. The Balaban J connectivity index is 2.84. The minimum Gasteiger partial charge on any atom is -0.378 e. The van der Waals surface area contributed by atoms with Crippen molar-refractivity contribution in [1.82, 2.24) is 0 Å². The zero-order valence-corrected chi connectivity index (χ0v) is 10.3. The van der Waals surface area contributed by atoms with Gasteiger partial charge in [-0.3, -0.25) is 0 Å². The Bertz CT molecular complexity index is 361. The van der Waals surface area contributed by atoms with Crippen LogP contribution in [0.25, 0.3) is 0 Å². The molecule has 16 heavy (non-hydrogen) atoms. The predicted octanol–water partition coefficient (Wildman–Crippen LogP) is 4.12. The summed E-state index contributed by atoms with van der Waals surface area (Å²) in [5.74, 6) is -0.521. The Kier molecular flexibility index (Phi) is 4.27. The highest BCUT2D eigenvalue weighted by Gasteiger charge is 2.14. The highest BCUT2D eigenvalue weighted by atomic mass is 19.1. The maximum Gasteiger partial charge on any atom is 0.152 e. The van der Waals surface area contributed by atoms with Gasteiger partial charge in [0.2, 0.25) is 0 Å². The molecule has 1 N–H and O–H groups in total. The van der Waals surface area contributed by atoms with Gasteiger partial charge in [-0.1, -0.05) is 19.9 Å². The number of benzene rings is 1. The molecule has 1 nitrogen and oxygen atoms in total. The molecule has 3 heteroatoms. The van der Waals surface area contributed by atoms with Crippen LogP contribution in [0.1, 0.15) is 32.8 Å². The topological polar surface area (TPSA) is 12.0 Å². The SMILES string of the molecule is Cc1ccc(F)c(NC(C)CC(C)C)c1F. The molecule has 0 saturated heterocycles. The third-order valence-corrected chi connectivity index (χ3v) is 2.50. The van der Waals surface area contributed by atoms with E-state index in [0.29, 0.717) is 11.5 Å². The summed E-state index contributed by atoms with van der Waals surface area (Å²) in [6, 6.07) is 2.80. The lowest BCUT2D eigenvalue weighted by molar-refractivity contribution is 0.527. The summed E-state index contributed by atoms with van der Waals surface area (Å²) in [5.41, 5.74) is 0.453. The molecule has 0 aromatic heterocycles. The van der Waals surface area contributed by atoms with E-state index in [1.165, 1.54) is 12.1 Å². The van der Waals surface area contributed by atoms with E-state index in [9.17, 15) is 8.78 Å². The molecule has 0 fully saturated rings. The zero-order chi connectivity index (χ0) is 12.3. The van der Waals surface area contributed by atoms with Gasteiger partial charge in [0, 0.05) is 6.04 Å². The van der Waals surface area contributed by atoms with Crippen LogP contribution in [0.3, 0.4) is 0 Å². The number of aryl methyl sites for hydroxylation is 1. The molecule has 0 aliphatic rings. The van der Waals surface area contributed by atoms with E-state index in [2.05, 4.69) is 19.2 Å². The molecule has 0 aliphatic carbocycles. The van der Waals surface area contributed by atoms with Gasteiger partial charge in [-0.15, -0.1) is 0 Å². The van der Waals surface area contributed by atoms with Crippen LogP contribution in [0.15, 0.2) is 12.1 Å². The summed E-state index contributed by atoms with van der Waals surface area (Å²) in [4.78, 5) is 0. The van der Waals surface area contributed by atoms with Crippen LogP contribution in [-0.2, 0) is 0 Å². The van der Waals surface area contributed by atoms with Crippen molar-refractivity contribution in [1.29, 1.82) is 0 Å². The normalized spacial score (nSPS) is 12.9. The molecule has 1 atom stereocenters. The Morgan fingerprint density at radius 1 is 1.19 bits per heavy atom. The van der Waals surface area contributed by atoms with E-state index in [0.717, 1.165) is 6.42 Å². The standard InChI is InChI=1S/C13H19F2N/c1-8(2)7-10(4)16-13-11(14)6-5-9(3)12(13)15/h5-6,8,10,16H,7H2,1-4H3. The van der Waals surface area contributed by atoms with Crippen molar-refractivity contribution in [2.75, 3.05) is 5.32 Å². The second kappa shape index (κ2) is 5.28. The van der Waals surface area contributed by atoms with Crippen molar-refractivity contribution in [2.24, 2.45) is 5.92 Å². The van der Waals surface area contributed by atoms with E-state index < -0.39 is 11.6 Å². The first-order chi connectivity index (χ1) is 7.41. The van der Waals surface area contributed by atoms with E-state index in [1.54, 1.807) is 6.92 Å². The molecular formula is C13H19F2N. The summed E-state index contributed by atoms with van der Waals surface area (Å²) in [5, 5.41) is 2.90. The predicted molar refractivity (Wildman–Crippen MR) is 63.6 cm³/mol. The number of hydrogen-bond acceptors (Lipinski definition) is 1. The van der Waals surface area contributed by atoms with E-state index in [4.69, 9.17) is 0 Å². The summed E-state index contributed by atoms with van der Waals surface area (Å²) >= 11 is 0. The highest BCUT2D eigenvalue weighted by molar-refractivity contribution is 5.49. The smallest absolute Gasteiger partial charge is 0.152 e. The minimum atomic E-state index is -0.529. The summed E-state index contributed by atoms with van der Waals surface area (Å²) in [6.07, 6.45) is 0.882. The number of anilines is 1. The molecule has 0 amide bonds. The fourth-order valence-electron chi connectivity index (χ4n) is 1.80. The summed E-state index contributed by atoms with van der Waals surface area (Å²) < 4.78 is 27.1. The summed E-state index contributed by atoms with van der Waals surface area (Å²) in [7, 11) is 0. The van der Waals surface area contributed by atoms with Gasteiger partial charge < -0.3 is 5.32 Å². The first-order valence-corrected chi connectivity index (χ1v) is 5.63. The van der Waals surface area contributed by atoms with Gasteiger partial charge in [-0.05, 0) is 37.8 Å². The van der Waals surface area contributed by atoms with Gasteiger partial charge in [0.25, 0.3) is 0 Å². The van der Waals surface area contributed by atoms with Crippen LogP contribution < -0.4 is 5.32 Å². The molecule has 90 valence electrons. The van der Waals surface area contributed by atoms with Gasteiger partial charge >= 0.3 is 0 Å². The molecule has 1 aromatic carbocycles. The number of halogens is 2.